The van der Waals surface area contributed by atoms with E-state index in [1.54, 1.807) is 11.8 Å². The highest BCUT2D eigenvalue weighted by molar-refractivity contribution is 8.03. The SMILES string of the molecule is CC1=CSC(N)N1c1ncc(SC(CCN(C)C)c2ccccc2)cc1Oc1ccccc1. The fourth-order valence-corrected chi connectivity index (χ4v) is 5.60. The Morgan fingerprint density at radius 1 is 1.12 bits per heavy atom. The van der Waals surface area contributed by atoms with Gasteiger partial charge in [0.15, 0.2) is 11.6 Å². The fraction of sp³-hybridized carbons (Fsp3) is 0.269. The third kappa shape index (κ3) is 6.12. The molecule has 0 saturated carbocycles. The predicted molar refractivity (Wildman–Crippen MR) is 141 cm³/mol. The number of hydrogen-bond donors (Lipinski definition) is 1. The van der Waals surface area contributed by atoms with Crippen molar-refractivity contribution in [1.29, 1.82) is 0 Å². The smallest absolute Gasteiger partial charge is 0.178 e. The molecular weight excluding hydrogens is 448 g/mol. The van der Waals surface area contributed by atoms with Gasteiger partial charge in [0.1, 0.15) is 11.2 Å². The number of para-hydroxylation sites is 1. The Hall–Kier alpha value is -2.45. The van der Waals surface area contributed by atoms with Crippen molar-refractivity contribution in [3.05, 3.63) is 89.6 Å². The van der Waals surface area contributed by atoms with Gasteiger partial charge in [-0.25, -0.2) is 4.98 Å². The van der Waals surface area contributed by atoms with Crippen LogP contribution in [0.4, 0.5) is 5.82 Å². The molecule has 2 N–H and O–H groups in total. The van der Waals surface area contributed by atoms with Crippen LogP contribution in [-0.2, 0) is 0 Å². The number of nitrogens with zero attached hydrogens (tertiary/aromatic N) is 3. The van der Waals surface area contributed by atoms with Gasteiger partial charge < -0.3 is 20.3 Å². The molecule has 2 unspecified atom stereocenters. The van der Waals surface area contributed by atoms with Crippen LogP contribution in [0.1, 0.15) is 24.2 Å². The molecule has 0 saturated heterocycles. The van der Waals surface area contributed by atoms with Gasteiger partial charge in [0, 0.05) is 22.0 Å². The molecule has 0 bridgehead atoms. The van der Waals surface area contributed by atoms with Crippen LogP contribution in [0, 0.1) is 0 Å². The Kier molecular flexibility index (Phi) is 7.98. The van der Waals surface area contributed by atoms with Crippen molar-refractivity contribution in [2.45, 2.75) is 29.0 Å². The van der Waals surface area contributed by atoms with E-state index >= 15 is 0 Å². The molecule has 0 fully saturated rings. The summed E-state index contributed by atoms with van der Waals surface area (Å²) in [6.07, 6.45) is 2.97. The number of benzene rings is 2. The maximum absolute atomic E-state index is 6.36. The fourth-order valence-electron chi connectivity index (χ4n) is 3.63. The predicted octanol–water partition coefficient (Wildman–Crippen LogP) is 6.32. The van der Waals surface area contributed by atoms with Crippen molar-refractivity contribution in [1.82, 2.24) is 9.88 Å². The highest BCUT2D eigenvalue weighted by atomic mass is 32.2. The van der Waals surface area contributed by atoms with E-state index in [9.17, 15) is 0 Å². The van der Waals surface area contributed by atoms with Crippen LogP contribution in [0.15, 0.2) is 88.9 Å². The van der Waals surface area contributed by atoms with Crippen LogP contribution >= 0.6 is 23.5 Å². The van der Waals surface area contributed by atoms with E-state index in [0.29, 0.717) is 11.0 Å². The average Bonchev–Trinajstić information content (AvgIpc) is 3.16. The molecule has 2 atom stereocenters. The Bertz CT molecular complexity index is 1080. The summed E-state index contributed by atoms with van der Waals surface area (Å²) in [4.78, 5) is 10.2. The van der Waals surface area contributed by atoms with E-state index in [4.69, 9.17) is 15.5 Å². The molecule has 0 aliphatic carbocycles. The lowest BCUT2D eigenvalue weighted by Crippen LogP contribution is -2.35. The Balaban J connectivity index is 1.66. The number of hydrogen-bond acceptors (Lipinski definition) is 7. The lowest BCUT2D eigenvalue weighted by molar-refractivity contribution is 0.399. The third-order valence-corrected chi connectivity index (χ3v) is 7.56. The number of allylic oxidation sites excluding steroid dienone is 1. The average molecular weight is 479 g/mol. The van der Waals surface area contributed by atoms with Gasteiger partial charge in [0.25, 0.3) is 0 Å². The summed E-state index contributed by atoms with van der Waals surface area (Å²) in [6, 6.07) is 22.6. The Morgan fingerprint density at radius 3 is 2.45 bits per heavy atom. The van der Waals surface area contributed by atoms with Gasteiger partial charge in [-0.15, -0.1) is 11.8 Å². The normalized spacial score (nSPS) is 16.7. The molecule has 3 aromatic rings. The van der Waals surface area contributed by atoms with Crippen LogP contribution in [0.5, 0.6) is 11.5 Å². The molecule has 7 heteroatoms. The molecule has 5 nitrogen and oxygen atoms in total. The van der Waals surface area contributed by atoms with Crippen molar-refractivity contribution in [2.24, 2.45) is 5.73 Å². The first-order valence-corrected chi connectivity index (χ1v) is 12.8. The second-order valence-electron chi connectivity index (χ2n) is 8.17. The lowest BCUT2D eigenvalue weighted by Gasteiger charge is -2.26. The Morgan fingerprint density at radius 2 is 1.82 bits per heavy atom. The standard InChI is InChI=1S/C26H30N4OS2/c1-19-18-32-26(27)30(19)25-23(31-21-12-8-5-9-13-21)16-22(17-28-25)33-24(14-15-29(2)3)20-10-6-4-7-11-20/h4-13,16-18,24,26H,14-15,27H2,1-3H3. The first-order valence-electron chi connectivity index (χ1n) is 11.0. The van der Waals surface area contributed by atoms with E-state index in [0.717, 1.165) is 35.1 Å². The molecule has 1 aromatic heterocycles. The van der Waals surface area contributed by atoms with Crippen LogP contribution in [0.25, 0.3) is 0 Å². The highest BCUT2D eigenvalue weighted by Crippen LogP contribution is 2.43. The summed E-state index contributed by atoms with van der Waals surface area (Å²) in [5.41, 5.74) is 8.52. The first kappa shape index (κ1) is 23.7. The first-order chi connectivity index (χ1) is 16.0. The quantitative estimate of drug-likeness (QED) is 0.361. The summed E-state index contributed by atoms with van der Waals surface area (Å²) >= 11 is 3.40. The van der Waals surface area contributed by atoms with E-state index in [-0.39, 0.29) is 5.50 Å². The maximum atomic E-state index is 6.36. The van der Waals surface area contributed by atoms with Crippen LogP contribution < -0.4 is 15.4 Å². The molecule has 4 rings (SSSR count). The lowest BCUT2D eigenvalue weighted by atomic mass is 10.1. The summed E-state index contributed by atoms with van der Waals surface area (Å²) in [5.74, 6) is 2.22. The zero-order valence-electron chi connectivity index (χ0n) is 19.2. The molecule has 2 heterocycles. The molecule has 172 valence electrons. The van der Waals surface area contributed by atoms with E-state index in [1.165, 1.54) is 5.56 Å². The van der Waals surface area contributed by atoms with Crippen LogP contribution in [0.2, 0.25) is 0 Å². The molecule has 0 spiro atoms. The summed E-state index contributed by atoms with van der Waals surface area (Å²) in [6.45, 7) is 3.05. The molecule has 0 radical (unpaired) electrons. The van der Waals surface area contributed by atoms with E-state index < -0.39 is 0 Å². The van der Waals surface area contributed by atoms with Gasteiger partial charge in [0.2, 0.25) is 0 Å². The molecule has 0 amide bonds. The minimum atomic E-state index is -0.216. The summed E-state index contributed by atoms with van der Waals surface area (Å²) < 4.78 is 6.33. The van der Waals surface area contributed by atoms with Crippen molar-refractivity contribution >= 4 is 29.3 Å². The van der Waals surface area contributed by atoms with Crippen molar-refractivity contribution in [3.8, 4) is 11.5 Å². The summed E-state index contributed by atoms with van der Waals surface area (Å²) in [7, 11) is 4.23. The second kappa shape index (κ2) is 11.1. The van der Waals surface area contributed by atoms with Gasteiger partial charge >= 0.3 is 0 Å². The Labute approximate surface area is 205 Å². The monoisotopic (exact) mass is 478 g/mol. The maximum Gasteiger partial charge on any atom is 0.178 e. The molecule has 1 aliphatic rings. The van der Waals surface area contributed by atoms with Crippen LogP contribution in [0.3, 0.4) is 0 Å². The van der Waals surface area contributed by atoms with Crippen molar-refractivity contribution in [2.75, 3.05) is 25.5 Å². The molecule has 2 aromatic carbocycles. The van der Waals surface area contributed by atoms with E-state index in [1.807, 2.05) is 60.1 Å². The number of nitrogens with two attached hydrogens (primary N) is 1. The molecule has 1 aliphatic heterocycles. The number of pyridine rings is 1. The second-order valence-corrected chi connectivity index (χ2v) is 10.4. The third-order valence-electron chi connectivity index (χ3n) is 5.31. The van der Waals surface area contributed by atoms with Gasteiger partial charge in [-0.3, -0.25) is 0 Å². The summed E-state index contributed by atoms with van der Waals surface area (Å²) in [5, 5.41) is 2.38. The van der Waals surface area contributed by atoms with Crippen LogP contribution in [-0.4, -0.2) is 36.0 Å². The highest BCUT2D eigenvalue weighted by Gasteiger charge is 2.27. The van der Waals surface area contributed by atoms with Gasteiger partial charge in [-0.05, 0) is 63.2 Å². The van der Waals surface area contributed by atoms with Gasteiger partial charge in [0.05, 0.1) is 0 Å². The minimum absolute atomic E-state index is 0.216. The topological polar surface area (TPSA) is 54.6 Å². The van der Waals surface area contributed by atoms with Gasteiger partial charge in [-0.1, -0.05) is 60.3 Å². The number of anilines is 1. The number of aromatic nitrogens is 1. The minimum Gasteiger partial charge on any atom is -0.453 e. The largest absolute Gasteiger partial charge is 0.453 e. The number of rotatable bonds is 9. The molecular formula is C26H30N4OS2. The van der Waals surface area contributed by atoms with E-state index in [2.05, 4.69) is 60.8 Å². The van der Waals surface area contributed by atoms with Crippen molar-refractivity contribution < 1.29 is 4.74 Å². The zero-order valence-corrected chi connectivity index (χ0v) is 20.9. The number of ether oxygens (including phenoxy) is 1. The van der Waals surface area contributed by atoms with Crippen molar-refractivity contribution in [3.63, 3.8) is 0 Å². The number of thioether (sulfide) groups is 2. The van der Waals surface area contributed by atoms with Gasteiger partial charge in [-0.2, -0.15) is 0 Å². The molecule has 33 heavy (non-hydrogen) atoms. The zero-order chi connectivity index (χ0) is 23.2.